The first-order valence-electron chi connectivity index (χ1n) is 7.12. The summed E-state index contributed by atoms with van der Waals surface area (Å²) in [5, 5.41) is 3.68. The molecule has 7 heteroatoms. The van der Waals surface area contributed by atoms with Gasteiger partial charge in [-0.2, -0.15) is 0 Å². The second-order valence-electron chi connectivity index (χ2n) is 5.11. The van der Waals surface area contributed by atoms with Crippen molar-refractivity contribution in [3.05, 3.63) is 81.2 Å². The number of nitrogens with one attached hydrogen (secondary N) is 1. The molecule has 2 aromatic carbocycles. The molecule has 126 valence electrons. The highest BCUT2D eigenvalue weighted by Crippen LogP contribution is 2.29. The fourth-order valence-electron chi connectivity index (χ4n) is 2.22. The number of amides is 1. The van der Waals surface area contributed by atoms with E-state index in [-0.39, 0.29) is 11.1 Å². The van der Waals surface area contributed by atoms with E-state index in [1.807, 2.05) is 0 Å². The van der Waals surface area contributed by atoms with Crippen LogP contribution in [0.25, 0.3) is 11.3 Å². The van der Waals surface area contributed by atoms with Crippen molar-refractivity contribution in [2.75, 3.05) is 5.32 Å². The van der Waals surface area contributed by atoms with Crippen LogP contribution in [0.15, 0.2) is 54.7 Å². The van der Waals surface area contributed by atoms with Crippen LogP contribution in [0, 0.1) is 5.82 Å². The summed E-state index contributed by atoms with van der Waals surface area (Å²) >= 11 is 17.9. The number of pyridine rings is 1. The lowest BCUT2D eigenvalue weighted by Gasteiger charge is -2.09. The van der Waals surface area contributed by atoms with Crippen LogP contribution in [-0.2, 0) is 0 Å². The standard InChI is InChI=1S/C18H10Cl3FN2O/c19-11-4-6-16(14(21)9-11)24-18(25)10-3-5-12(15(22)8-10)17-13(20)2-1-7-23-17/h1-9H,(H,24,25). The van der Waals surface area contributed by atoms with E-state index in [2.05, 4.69) is 10.3 Å². The van der Waals surface area contributed by atoms with Crippen molar-refractivity contribution in [1.29, 1.82) is 0 Å². The Hall–Kier alpha value is -2.14. The highest BCUT2D eigenvalue weighted by atomic mass is 35.5. The summed E-state index contributed by atoms with van der Waals surface area (Å²) in [4.78, 5) is 16.4. The Balaban J connectivity index is 1.87. The summed E-state index contributed by atoms with van der Waals surface area (Å²) in [5.41, 5.74) is 1.05. The number of carbonyl (C=O) groups is 1. The summed E-state index contributed by atoms with van der Waals surface area (Å²) in [6.45, 7) is 0. The average molecular weight is 396 g/mol. The van der Waals surface area contributed by atoms with Crippen molar-refractivity contribution in [1.82, 2.24) is 4.98 Å². The van der Waals surface area contributed by atoms with E-state index in [9.17, 15) is 9.18 Å². The third-order valence-electron chi connectivity index (χ3n) is 3.42. The molecular weight excluding hydrogens is 386 g/mol. The number of aromatic nitrogens is 1. The molecule has 1 N–H and O–H groups in total. The minimum absolute atomic E-state index is 0.138. The first kappa shape index (κ1) is 17.7. The molecule has 0 bridgehead atoms. The minimum atomic E-state index is -0.601. The topological polar surface area (TPSA) is 42.0 Å². The fourth-order valence-corrected chi connectivity index (χ4v) is 2.90. The number of carbonyl (C=O) groups excluding carboxylic acids is 1. The van der Waals surface area contributed by atoms with Gasteiger partial charge in [0.25, 0.3) is 5.91 Å². The number of hydrogen-bond donors (Lipinski definition) is 1. The molecule has 0 aliphatic carbocycles. The maximum absolute atomic E-state index is 14.4. The van der Waals surface area contributed by atoms with E-state index in [1.165, 1.54) is 24.4 Å². The van der Waals surface area contributed by atoms with Crippen molar-refractivity contribution < 1.29 is 9.18 Å². The van der Waals surface area contributed by atoms with Crippen LogP contribution in [0.4, 0.5) is 10.1 Å². The molecule has 0 radical (unpaired) electrons. The Bertz CT molecular complexity index is 963. The molecule has 0 fully saturated rings. The fraction of sp³-hybridized carbons (Fsp3) is 0. The Morgan fingerprint density at radius 3 is 2.48 bits per heavy atom. The van der Waals surface area contributed by atoms with Gasteiger partial charge in [0, 0.05) is 22.3 Å². The molecule has 1 aromatic heterocycles. The van der Waals surface area contributed by atoms with Gasteiger partial charge in [-0.05, 0) is 48.5 Å². The number of halogens is 4. The molecule has 0 unspecified atom stereocenters. The third kappa shape index (κ3) is 3.93. The van der Waals surface area contributed by atoms with Crippen molar-refractivity contribution >= 4 is 46.4 Å². The zero-order chi connectivity index (χ0) is 18.0. The quantitative estimate of drug-likeness (QED) is 0.582. The first-order chi connectivity index (χ1) is 12.0. The minimum Gasteiger partial charge on any atom is -0.321 e. The monoisotopic (exact) mass is 394 g/mol. The van der Waals surface area contributed by atoms with Crippen molar-refractivity contribution in [3.63, 3.8) is 0 Å². The molecule has 25 heavy (non-hydrogen) atoms. The third-order valence-corrected chi connectivity index (χ3v) is 4.28. The van der Waals surface area contributed by atoms with E-state index in [0.717, 1.165) is 6.07 Å². The van der Waals surface area contributed by atoms with Crippen LogP contribution in [0.2, 0.25) is 15.1 Å². The van der Waals surface area contributed by atoms with Gasteiger partial charge in [0.05, 0.1) is 21.4 Å². The number of benzene rings is 2. The highest BCUT2D eigenvalue weighted by molar-refractivity contribution is 6.36. The van der Waals surface area contributed by atoms with Gasteiger partial charge in [-0.15, -0.1) is 0 Å². The van der Waals surface area contributed by atoms with Gasteiger partial charge in [0.2, 0.25) is 0 Å². The maximum atomic E-state index is 14.4. The summed E-state index contributed by atoms with van der Waals surface area (Å²) in [6.07, 6.45) is 1.52. The summed E-state index contributed by atoms with van der Waals surface area (Å²) < 4.78 is 14.4. The van der Waals surface area contributed by atoms with Gasteiger partial charge in [0.15, 0.2) is 0 Å². The molecule has 0 aliphatic heterocycles. The molecule has 3 aromatic rings. The Labute approximate surface area is 158 Å². The molecule has 0 saturated heterocycles. The predicted molar refractivity (Wildman–Crippen MR) is 99.1 cm³/mol. The Kier molecular flexibility index (Phi) is 5.23. The van der Waals surface area contributed by atoms with Crippen molar-refractivity contribution in [2.24, 2.45) is 0 Å². The van der Waals surface area contributed by atoms with E-state index >= 15 is 0 Å². The SMILES string of the molecule is O=C(Nc1ccc(Cl)cc1Cl)c1ccc(-c2ncccc2Cl)c(F)c1. The number of anilines is 1. The van der Waals surface area contributed by atoms with E-state index in [1.54, 1.807) is 24.3 Å². The molecule has 0 spiro atoms. The Morgan fingerprint density at radius 2 is 1.80 bits per heavy atom. The van der Waals surface area contributed by atoms with Gasteiger partial charge < -0.3 is 5.32 Å². The zero-order valence-corrected chi connectivity index (χ0v) is 14.8. The van der Waals surface area contributed by atoms with Crippen molar-refractivity contribution in [2.45, 2.75) is 0 Å². The zero-order valence-electron chi connectivity index (χ0n) is 12.6. The second-order valence-corrected chi connectivity index (χ2v) is 6.36. The lowest BCUT2D eigenvalue weighted by Crippen LogP contribution is -2.12. The van der Waals surface area contributed by atoms with Crippen molar-refractivity contribution in [3.8, 4) is 11.3 Å². The maximum Gasteiger partial charge on any atom is 0.255 e. The van der Waals surface area contributed by atoms with Crippen LogP contribution in [0.5, 0.6) is 0 Å². The van der Waals surface area contributed by atoms with Gasteiger partial charge in [-0.3, -0.25) is 9.78 Å². The molecule has 0 saturated carbocycles. The van der Waals surface area contributed by atoms with E-state index in [0.29, 0.717) is 26.4 Å². The van der Waals surface area contributed by atoms with E-state index < -0.39 is 11.7 Å². The van der Waals surface area contributed by atoms with Crippen LogP contribution in [0.3, 0.4) is 0 Å². The second kappa shape index (κ2) is 7.40. The molecule has 1 amide bonds. The molecule has 3 rings (SSSR count). The van der Waals surface area contributed by atoms with Crippen LogP contribution >= 0.6 is 34.8 Å². The van der Waals surface area contributed by atoms with E-state index in [4.69, 9.17) is 34.8 Å². The Morgan fingerprint density at radius 1 is 1.00 bits per heavy atom. The normalized spacial score (nSPS) is 10.6. The smallest absolute Gasteiger partial charge is 0.255 e. The average Bonchev–Trinajstić information content (AvgIpc) is 2.58. The molecule has 0 aliphatic rings. The van der Waals surface area contributed by atoms with Gasteiger partial charge in [-0.25, -0.2) is 4.39 Å². The lowest BCUT2D eigenvalue weighted by molar-refractivity contribution is 0.102. The summed E-state index contributed by atoms with van der Waals surface area (Å²) in [7, 11) is 0. The predicted octanol–water partition coefficient (Wildman–Crippen LogP) is 6.10. The molecular formula is C18H10Cl3FN2O. The van der Waals surface area contributed by atoms with Gasteiger partial charge >= 0.3 is 0 Å². The number of nitrogens with zero attached hydrogens (tertiary/aromatic N) is 1. The highest BCUT2D eigenvalue weighted by Gasteiger charge is 2.14. The van der Waals surface area contributed by atoms with Crippen LogP contribution in [0.1, 0.15) is 10.4 Å². The molecule has 3 nitrogen and oxygen atoms in total. The molecule has 0 atom stereocenters. The van der Waals surface area contributed by atoms with Crippen LogP contribution < -0.4 is 5.32 Å². The number of rotatable bonds is 3. The van der Waals surface area contributed by atoms with Gasteiger partial charge in [-0.1, -0.05) is 34.8 Å². The summed E-state index contributed by atoms with van der Waals surface area (Å²) in [6, 6.07) is 12.0. The van der Waals surface area contributed by atoms with Crippen LogP contribution in [-0.4, -0.2) is 10.9 Å². The summed E-state index contributed by atoms with van der Waals surface area (Å²) in [5.74, 6) is -1.10. The molecule has 1 heterocycles. The first-order valence-corrected chi connectivity index (χ1v) is 8.26. The largest absolute Gasteiger partial charge is 0.321 e. The number of hydrogen-bond acceptors (Lipinski definition) is 2. The van der Waals surface area contributed by atoms with Gasteiger partial charge in [0.1, 0.15) is 5.82 Å². The lowest BCUT2D eigenvalue weighted by atomic mass is 10.1.